The van der Waals surface area contributed by atoms with Gasteiger partial charge >= 0.3 is 5.97 Å². The van der Waals surface area contributed by atoms with E-state index in [9.17, 15) is 9.90 Å². The Morgan fingerprint density at radius 1 is 1.59 bits per heavy atom. The van der Waals surface area contributed by atoms with Gasteiger partial charge in [-0.2, -0.15) is 0 Å². The van der Waals surface area contributed by atoms with E-state index in [2.05, 4.69) is 5.32 Å². The smallest absolute Gasteiger partial charge is 0.339 e. The predicted octanol–water partition coefficient (Wildman–Crippen LogP) is 1.29. The summed E-state index contributed by atoms with van der Waals surface area (Å²) in [5.41, 5.74) is -0.374. The molecule has 1 aromatic rings. The molecule has 0 aliphatic heterocycles. The summed E-state index contributed by atoms with van der Waals surface area (Å²) in [6.07, 6.45) is 2.73. The quantitative estimate of drug-likeness (QED) is 0.721. The Morgan fingerprint density at radius 2 is 2.29 bits per heavy atom. The minimum atomic E-state index is -0.977. The monoisotopic (exact) mass is 239 g/mol. The molecule has 17 heavy (non-hydrogen) atoms. The fraction of sp³-hybridized carbons (Fsp3) is 0.583. The first-order chi connectivity index (χ1) is 8.00. The third kappa shape index (κ3) is 2.68. The zero-order valence-corrected chi connectivity index (χ0v) is 9.82. The van der Waals surface area contributed by atoms with Crippen molar-refractivity contribution in [2.24, 2.45) is 0 Å². The third-order valence-electron chi connectivity index (χ3n) is 3.24. The minimum Gasteiger partial charge on any atom is -0.478 e. The van der Waals surface area contributed by atoms with Crippen molar-refractivity contribution in [1.29, 1.82) is 0 Å². The molecule has 1 fully saturated rings. The molecule has 0 atom stereocenters. The lowest BCUT2D eigenvalue weighted by atomic mass is 9.80. The van der Waals surface area contributed by atoms with Crippen LogP contribution in [0.1, 0.15) is 41.1 Å². The van der Waals surface area contributed by atoms with Gasteiger partial charge in [0.25, 0.3) is 0 Å². The Hall–Kier alpha value is -1.33. The molecule has 0 spiro atoms. The molecule has 1 aliphatic carbocycles. The zero-order valence-electron chi connectivity index (χ0n) is 9.82. The molecule has 5 heteroatoms. The second-order valence-electron chi connectivity index (χ2n) is 4.67. The maximum Gasteiger partial charge on any atom is 0.339 e. The molecule has 1 saturated carbocycles. The van der Waals surface area contributed by atoms with Gasteiger partial charge < -0.3 is 19.9 Å². The van der Waals surface area contributed by atoms with Crippen LogP contribution in [-0.2, 0) is 6.54 Å². The van der Waals surface area contributed by atoms with Gasteiger partial charge in [-0.1, -0.05) is 0 Å². The van der Waals surface area contributed by atoms with Crippen LogP contribution in [-0.4, -0.2) is 28.3 Å². The van der Waals surface area contributed by atoms with Gasteiger partial charge in [-0.3, -0.25) is 0 Å². The zero-order chi connectivity index (χ0) is 12.5. The van der Waals surface area contributed by atoms with Crippen LogP contribution < -0.4 is 5.32 Å². The van der Waals surface area contributed by atoms with Crippen molar-refractivity contribution in [1.82, 2.24) is 5.32 Å². The first-order valence-corrected chi connectivity index (χ1v) is 5.76. The van der Waals surface area contributed by atoms with Crippen molar-refractivity contribution >= 4 is 5.97 Å². The minimum absolute atomic E-state index is 0.198. The summed E-state index contributed by atoms with van der Waals surface area (Å²) >= 11 is 0. The van der Waals surface area contributed by atoms with Gasteiger partial charge in [0.2, 0.25) is 0 Å². The summed E-state index contributed by atoms with van der Waals surface area (Å²) < 4.78 is 5.32. The molecule has 0 amide bonds. The lowest BCUT2D eigenvalue weighted by molar-refractivity contribution is -0.0317. The summed E-state index contributed by atoms with van der Waals surface area (Å²) in [4.78, 5) is 10.8. The standard InChI is InChI=1S/C12H17NO4/c1-8-10(11(14)15)5-9(17-8)6-13-7-12(16)3-2-4-12/h5,13,16H,2-4,6-7H2,1H3,(H,14,15). The Bertz CT molecular complexity index is 420. The Labute approximate surface area is 99.4 Å². The number of carboxylic acid groups (broad SMARTS) is 1. The van der Waals surface area contributed by atoms with Crippen LogP contribution in [0.5, 0.6) is 0 Å². The lowest BCUT2D eigenvalue weighted by Gasteiger charge is -2.36. The summed E-state index contributed by atoms with van der Waals surface area (Å²) in [5, 5.41) is 21.8. The van der Waals surface area contributed by atoms with E-state index in [1.807, 2.05) is 0 Å². The molecule has 0 unspecified atom stereocenters. The van der Waals surface area contributed by atoms with Crippen LogP contribution in [0, 0.1) is 6.92 Å². The van der Waals surface area contributed by atoms with Crippen LogP contribution in [0.15, 0.2) is 10.5 Å². The number of aliphatic hydroxyl groups is 1. The van der Waals surface area contributed by atoms with E-state index < -0.39 is 11.6 Å². The van der Waals surface area contributed by atoms with Crippen LogP contribution in [0.25, 0.3) is 0 Å². The number of hydrogen-bond donors (Lipinski definition) is 3. The van der Waals surface area contributed by atoms with Crippen molar-refractivity contribution in [3.63, 3.8) is 0 Å². The van der Waals surface area contributed by atoms with Gasteiger partial charge in [0.15, 0.2) is 0 Å². The van der Waals surface area contributed by atoms with E-state index in [1.165, 1.54) is 6.07 Å². The van der Waals surface area contributed by atoms with Crippen LogP contribution in [0.3, 0.4) is 0 Å². The molecule has 0 bridgehead atoms. The topological polar surface area (TPSA) is 82.7 Å². The van der Waals surface area contributed by atoms with Gasteiger partial charge in [0, 0.05) is 6.54 Å². The number of nitrogens with one attached hydrogen (secondary N) is 1. The molecule has 1 heterocycles. The SMILES string of the molecule is Cc1oc(CNCC2(O)CCC2)cc1C(=O)O. The average Bonchev–Trinajstić information content (AvgIpc) is 2.57. The van der Waals surface area contributed by atoms with Gasteiger partial charge in [-0.25, -0.2) is 4.79 Å². The number of hydrogen-bond acceptors (Lipinski definition) is 4. The van der Waals surface area contributed by atoms with Crippen molar-refractivity contribution in [2.75, 3.05) is 6.54 Å². The molecular formula is C12H17NO4. The molecule has 3 N–H and O–H groups in total. The summed E-state index contributed by atoms with van der Waals surface area (Å²) in [7, 11) is 0. The van der Waals surface area contributed by atoms with E-state index in [0.29, 0.717) is 24.6 Å². The van der Waals surface area contributed by atoms with Gasteiger partial charge in [0.1, 0.15) is 17.1 Å². The molecule has 5 nitrogen and oxygen atoms in total. The van der Waals surface area contributed by atoms with Crippen molar-refractivity contribution < 1.29 is 19.4 Å². The lowest BCUT2D eigenvalue weighted by Crippen LogP contribution is -2.45. The second kappa shape index (κ2) is 4.50. The van der Waals surface area contributed by atoms with Crippen LogP contribution in [0.4, 0.5) is 0 Å². The first kappa shape index (κ1) is 12.1. The van der Waals surface area contributed by atoms with E-state index >= 15 is 0 Å². The maximum atomic E-state index is 10.8. The fourth-order valence-corrected chi connectivity index (χ4v) is 2.02. The number of furan rings is 1. The largest absolute Gasteiger partial charge is 0.478 e. The van der Waals surface area contributed by atoms with E-state index in [-0.39, 0.29) is 5.56 Å². The molecule has 0 saturated heterocycles. The highest BCUT2D eigenvalue weighted by molar-refractivity contribution is 5.88. The number of aryl methyl sites for hydroxylation is 1. The molecule has 1 aliphatic rings. The molecule has 2 rings (SSSR count). The highest BCUT2D eigenvalue weighted by atomic mass is 16.4. The molecule has 0 radical (unpaired) electrons. The van der Waals surface area contributed by atoms with E-state index in [4.69, 9.17) is 9.52 Å². The van der Waals surface area contributed by atoms with E-state index in [1.54, 1.807) is 6.92 Å². The number of aromatic carboxylic acids is 1. The summed E-state index contributed by atoms with van der Waals surface area (Å²) in [6, 6.07) is 1.52. The Morgan fingerprint density at radius 3 is 2.76 bits per heavy atom. The van der Waals surface area contributed by atoms with Crippen molar-refractivity contribution in [3.8, 4) is 0 Å². The number of carbonyl (C=O) groups is 1. The van der Waals surface area contributed by atoms with E-state index in [0.717, 1.165) is 19.3 Å². The maximum absolute atomic E-state index is 10.8. The highest BCUT2D eigenvalue weighted by Gasteiger charge is 2.33. The summed E-state index contributed by atoms with van der Waals surface area (Å²) in [6.45, 7) is 2.60. The van der Waals surface area contributed by atoms with Gasteiger partial charge in [-0.15, -0.1) is 0 Å². The number of rotatable bonds is 5. The van der Waals surface area contributed by atoms with Gasteiger partial charge in [0.05, 0.1) is 12.1 Å². The molecule has 1 aromatic heterocycles. The normalized spacial score (nSPS) is 17.8. The van der Waals surface area contributed by atoms with Crippen LogP contribution >= 0.6 is 0 Å². The highest BCUT2D eigenvalue weighted by Crippen LogP contribution is 2.30. The van der Waals surface area contributed by atoms with Crippen molar-refractivity contribution in [2.45, 2.75) is 38.3 Å². The fourth-order valence-electron chi connectivity index (χ4n) is 2.02. The average molecular weight is 239 g/mol. The summed E-state index contributed by atoms with van der Waals surface area (Å²) in [5.74, 6) is 0.0228. The van der Waals surface area contributed by atoms with Crippen LogP contribution in [0.2, 0.25) is 0 Å². The Kier molecular flexibility index (Phi) is 3.22. The van der Waals surface area contributed by atoms with Gasteiger partial charge in [-0.05, 0) is 32.3 Å². The molecular weight excluding hydrogens is 222 g/mol. The number of carboxylic acids is 1. The third-order valence-corrected chi connectivity index (χ3v) is 3.24. The van der Waals surface area contributed by atoms with Crippen molar-refractivity contribution in [3.05, 3.63) is 23.2 Å². The first-order valence-electron chi connectivity index (χ1n) is 5.76. The second-order valence-corrected chi connectivity index (χ2v) is 4.67. The Balaban J connectivity index is 1.86. The molecule has 94 valence electrons. The predicted molar refractivity (Wildman–Crippen MR) is 60.9 cm³/mol. The molecule has 0 aromatic carbocycles.